The lowest BCUT2D eigenvalue weighted by atomic mass is 9.91. The minimum Gasteiger partial charge on any atom is -0.460 e. The largest absolute Gasteiger partial charge is 0.460 e. The second-order valence-corrected chi connectivity index (χ2v) is 21.9. The molecule has 18 nitrogen and oxygen atoms in total. The number of carbonyl (C=O) groups excluding carboxylic acids is 5. The number of hydrogen-bond acceptors (Lipinski definition) is 13. The van der Waals surface area contributed by atoms with Crippen molar-refractivity contribution in [1.29, 1.82) is 0 Å². The van der Waals surface area contributed by atoms with E-state index in [2.05, 4.69) is 17.9 Å². The van der Waals surface area contributed by atoms with Crippen LogP contribution in [0.25, 0.3) is 0 Å². The van der Waals surface area contributed by atoms with Crippen LogP contribution < -0.4 is 4.72 Å². The fourth-order valence-electron chi connectivity index (χ4n) is 8.45. The summed E-state index contributed by atoms with van der Waals surface area (Å²) in [4.78, 5) is 83.4. The van der Waals surface area contributed by atoms with E-state index in [1.54, 1.807) is 26.8 Å². The number of benzene rings is 2. The molecule has 2 aromatic rings. The van der Waals surface area contributed by atoms with Crippen LogP contribution in [0.15, 0.2) is 72.7 Å². The van der Waals surface area contributed by atoms with E-state index in [-0.39, 0.29) is 38.9 Å². The topological polar surface area (TPSA) is 237 Å². The van der Waals surface area contributed by atoms with Crippen LogP contribution in [-0.2, 0) is 61.8 Å². The fraction of sp³-hybridized carbons (Fsp3) is 0.523. The summed E-state index contributed by atoms with van der Waals surface area (Å²) in [5.41, 5.74) is -2.46. The van der Waals surface area contributed by atoms with E-state index in [0.29, 0.717) is 30.4 Å². The smallest absolute Gasteiger partial charge is 0.410 e. The Labute approximate surface area is 377 Å². The molecule has 2 saturated carbocycles. The van der Waals surface area contributed by atoms with E-state index in [4.69, 9.17) is 9.47 Å². The van der Waals surface area contributed by atoms with Gasteiger partial charge < -0.3 is 14.4 Å². The van der Waals surface area contributed by atoms with Gasteiger partial charge in [-0.15, -0.1) is 13.2 Å². The van der Waals surface area contributed by atoms with Crippen molar-refractivity contribution in [3.63, 3.8) is 0 Å². The van der Waals surface area contributed by atoms with E-state index >= 15 is 4.79 Å². The molecular weight excluding hydrogens is 890 g/mol. The van der Waals surface area contributed by atoms with Gasteiger partial charge in [-0.05, 0) is 76.5 Å². The number of halogens is 1. The summed E-state index contributed by atoms with van der Waals surface area (Å²) in [6, 6.07) is 7.65. The van der Waals surface area contributed by atoms with Crippen LogP contribution in [0.4, 0.5) is 14.9 Å². The molecule has 2 aliphatic heterocycles. The Morgan fingerprint density at radius 2 is 1.77 bits per heavy atom. The number of rotatable bonds is 20. The van der Waals surface area contributed by atoms with Gasteiger partial charge in [-0.1, -0.05) is 36.4 Å². The lowest BCUT2D eigenvalue weighted by Gasteiger charge is -2.32. The average molecular weight is 944 g/mol. The highest BCUT2D eigenvalue weighted by Gasteiger charge is 2.61. The van der Waals surface area contributed by atoms with Gasteiger partial charge in [-0.25, -0.2) is 26.0 Å². The zero-order valence-corrected chi connectivity index (χ0v) is 38.1. The van der Waals surface area contributed by atoms with E-state index < -0.39 is 137 Å². The number of nitrogens with zero attached hydrogens (tertiary/aromatic N) is 4. The van der Waals surface area contributed by atoms with Crippen molar-refractivity contribution in [3.8, 4) is 0 Å². The minimum absolute atomic E-state index is 0.0156. The van der Waals surface area contributed by atoms with Gasteiger partial charge in [0.1, 0.15) is 17.5 Å². The highest BCUT2D eigenvalue weighted by atomic mass is 32.2. The number of hydrogen-bond donors (Lipinski definition) is 1. The second-order valence-electron chi connectivity index (χ2n) is 18.0. The predicted molar refractivity (Wildman–Crippen MR) is 232 cm³/mol. The average Bonchev–Trinajstić information content (AvgIpc) is 4.13. The maximum Gasteiger partial charge on any atom is 0.410 e. The third-order valence-corrected chi connectivity index (χ3v) is 15.8. The summed E-state index contributed by atoms with van der Waals surface area (Å²) < 4.78 is 83.5. The number of nitrogens with one attached hydrogen (secondary N) is 1. The highest BCUT2D eigenvalue weighted by molar-refractivity contribution is 7.91. The number of nitro groups is 1. The molecule has 0 bridgehead atoms. The van der Waals surface area contributed by atoms with Gasteiger partial charge in [0.25, 0.3) is 5.69 Å². The van der Waals surface area contributed by atoms with Crippen molar-refractivity contribution in [2.24, 2.45) is 17.3 Å². The summed E-state index contributed by atoms with van der Waals surface area (Å²) in [6.07, 6.45) is 0.618. The number of amides is 3. The van der Waals surface area contributed by atoms with Crippen molar-refractivity contribution in [2.75, 3.05) is 19.6 Å². The molecule has 65 heavy (non-hydrogen) atoms. The summed E-state index contributed by atoms with van der Waals surface area (Å²) in [6.45, 7) is 10.7. The number of ether oxygens (including phenoxy) is 2. The molecule has 6 rings (SSSR count). The van der Waals surface area contributed by atoms with Gasteiger partial charge in [0.05, 0.1) is 47.1 Å². The molecule has 4 aliphatic rings. The number of para-hydroxylation sites is 1. The van der Waals surface area contributed by atoms with Crippen LogP contribution in [0.1, 0.15) is 83.3 Å². The van der Waals surface area contributed by atoms with Crippen LogP contribution in [-0.4, -0.2) is 108 Å². The Balaban J connectivity index is 1.35. The van der Waals surface area contributed by atoms with Gasteiger partial charge in [-0.3, -0.25) is 38.9 Å². The van der Waals surface area contributed by atoms with Crippen molar-refractivity contribution in [1.82, 2.24) is 18.8 Å². The maximum atomic E-state index is 15.1. The number of fused-ring (bicyclic) bond motifs is 1. The molecular formula is C44H54FN5O13S2. The Morgan fingerprint density at radius 1 is 1.06 bits per heavy atom. The molecule has 2 aromatic carbocycles. The monoisotopic (exact) mass is 943 g/mol. The summed E-state index contributed by atoms with van der Waals surface area (Å²) in [5.74, 6) is -6.15. The fourth-order valence-corrected chi connectivity index (χ4v) is 11.5. The van der Waals surface area contributed by atoms with E-state index in [0.717, 1.165) is 21.3 Å². The molecule has 0 unspecified atom stereocenters. The number of carbonyl (C=O) groups is 5. The molecule has 1 saturated heterocycles. The normalized spacial score (nSPS) is 22.1. The maximum absolute atomic E-state index is 15.1. The molecule has 2 aliphatic carbocycles. The van der Waals surface area contributed by atoms with Gasteiger partial charge in [0.15, 0.2) is 10.7 Å². The number of esters is 1. The molecule has 0 radical (unpaired) electrons. The Kier molecular flexibility index (Phi) is 14.4. The third-order valence-electron chi connectivity index (χ3n) is 12.0. The standard InChI is InChI=1S/C44H54FN5O13S2/c1-6-8-11-19-48(65(60,61)38-16-10-9-15-35(38)50(56)57)25-29(20-39(52)63-43(3,4)5)40(53)49-26-31(62-42(55)47-24-28-13-12-14-34(45)33(28)27-47)21-36(49)37(51)23-44(22-30(44)7-2)41(54)46-64(58,59)32-17-18-32/h6-7,9-10,12-16,29-32,36H,1-2,8,11,17-27H2,3-5H3,(H,46,54)/t29-,30+,31+,36-,44+/m0/s1. The third kappa shape index (κ3) is 11.1. The molecule has 3 fully saturated rings. The van der Waals surface area contributed by atoms with Crippen molar-refractivity contribution in [3.05, 3.63) is 94.8 Å². The van der Waals surface area contributed by atoms with Gasteiger partial charge >= 0.3 is 12.1 Å². The number of allylic oxidation sites excluding steroid dienone is 2. The Morgan fingerprint density at radius 3 is 2.38 bits per heavy atom. The number of ketones is 1. The zero-order chi connectivity index (χ0) is 47.6. The number of Topliss-reactive ketones (excluding diaryl/α,β-unsaturated/α-hetero) is 1. The van der Waals surface area contributed by atoms with Crippen molar-refractivity contribution >= 4 is 55.4 Å². The van der Waals surface area contributed by atoms with E-state index in [1.165, 1.54) is 41.3 Å². The number of sulfonamides is 2. The molecule has 5 atom stereocenters. The zero-order valence-electron chi connectivity index (χ0n) is 36.5. The first-order valence-electron chi connectivity index (χ1n) is 21.3. The summed E-state index contributed by atoms with van der Waals surface area (Å²) in [7, 11) is -8.78. The van der Waals surface area contributed by atoms with Crippen molar-refractivity contribution in [2.45, 2.75) is 113 Å². The Hall–Kier alpha value is -5.54. The Bertz CT molecular complexity index is 2490. The molecule has 3 amide bonds. The first-order chi connectivity index (χ1) is 30.5. The number of nitro benzene ring substituents is 1. The lowest BCUT2D eigenvalue weighted by Crippen LogP contribution is -2.49. The number of likely N-dealkylation sites (tertiary alicyclic amines) is 1. The molecule has 21 heteroatoms. The SMILES string of the molecule is C=CCCCN(C[C@H](CC(=O)OC(C)(C)C)C(=O)N1C[C@H](OC(=O)N2Cc3cccc(F)c3C2)C[C@H]1C(=O)C[C@]1(C(=O)NS(=O)(=O)C2CC2)C[C@H]1C=C)S(=O)(=O)c1ccccc1[N+](=O)[O-]. The molecule has 1 N–H and O–H groups in total. The molecule has 0 aromatic heterocycles. The van der Waals surface area contributed by atoms with Crippen LogP contribution in [0.5, 0.6) is 0 Å². The van der Waals surface area contributed by atoms with Crippen LogP contribution in [0.2, 0.25) is 0 Å². The van der Waals surface area contributed by atoms with Gasteiger partial charge in [-0.2, -0.15) is 4.31 Å². The second kappa shape index (κ2) is 19.1. The van der Waals surface area contributed by atoms with E-state index in [9.17, 15) is 50.5 Å². The van der Waals surface area contributed by atoms with E-state index in [1.807, 2.05) is 0 Å². The molecule has 0 spiro atoms. The van der Waals surface area contributed by atoms with Gasteiger partial charge in [0, 0.05) is 44.1 Å². The van der Waals surface area contributed by atoms with Crippen LogP contribution >= 0.6 is 0 Å². The summed E-state index contributed by atoms with van der Waals surface area (Å²) in [5, 5.41) is 11.3. The molecule has 352 valence electrons. The molecule has 2 heterocycles. The summed E-state index contributed by atoms with van der Waals surface area (Å²) >= 11 is 0. The van der Waals surface area contributed by atoms with Crippen molar-refractivity contribution < 1.29 is 59.6 Å². The first kappa shape index (κ1) is 48.9. The predicted octanol–water partition coefficient (Wildman–Crippen LogP) is 4.92. The van der Waals surface area contributed by atoms with Crippen LogP contribution in [0, 0.1) is 33.2 Å². The lowest BCUT2D eigenvalue weighted by molar-refractivity contribution is -0.387. The number of unbranched alkanes of at least 4 members (excludes halogenated alkanes) is 1. The quantitative estimate of drug-likeness (QED) is 0.0611. The van der Waals surface area contributed by atoms with Gasteiger partial charge in [0.2, 0.25) is 31.9 Å². The van der Waals surface area contributed by atoms with Crippen LogP contribution in [0.3, 0.4) is 0 Å². The highest BCUT2D eigenvalue weighted by Crippen LogP contribution is 2.57. The minimum atomic E-state index is -4.76. The first-order valence-corrected chi connectivity index (χ1v) is 24.3.